The predicted octanol–water partition coefficient (Wildman–Crippen LogP) is 6.61. The second-order valence-corrected chi connectivity index (χ2v) is 11.7. The van der Waals surface area contributed by atoms with E-state index in [1.54, 1.807) is 37.4 Å². The Balaban J connectivity index is 1.59. The van der Waals surface area contributed by atoms with E-state index >= 15 is 0 Å². The first-order valence-electron chi connectivity index (χ1n) is 11.9. The summed E-state index contributed by atoms with van der Waals surface area (Å²) in [5, 5.41) is 28.7. The first-order chi connectivity index (χ1) is 19.8. The smallest absolute Gasteiger partial charge is 0.296 e. The van der Waals surface area contributed by atoms with Crippen LogP contribution in [0.15, 0.2) is 109 Å². The van der Waals surface area contributed by atoms with Gasteiger partial charge in [-0.3, -0.25) is 9.11 Å². The van der Waals surface area contributed by atoms with E-state index in [0.717, 1.165) is 6.07 Å². The maximum absolute atomic E-state index is 11.9. The first-order valence-corrected chi connectivity index (χ1v) is 14.8. The van der Waals surface area contributed by atoms with Gasteiger partial charge in [0.15, 0.2) is 5.75 Å². The average Bonchev–Trinajstić information content (AvgIpc) is 2.95. The van der Waals surface area contributed by atoms with Crippen LogP contribution in [0.4, 0.5) is 28.4 Å². The Morgan fingerprint density at radius 2 is 1.29 bits per heavy atom. The van der Waals surface area contributed by atoms with Crippen molar-refractivity contribution in [3.8, 4) is 11.5 Å². The van der Waals surface area contributed by atoms with Gasteiger partial charge in [0.1, 0.15) is 16.3 Å². The van der Waals surface area contributed by atoms with Crippen molar-refractivity contribution >= 4 is 70.2 Å². The van der Waals surface area contributed by atoms with Crippen molar-refractivity contribution in [1.82, 2.24) is 0 Å². The summed E-state index contributed by atoms with van der Waals surface area (Å²) in [6.45, 7) is 0. The zero-order chi connectivity index (χ0) is 30.2. The molecule has 0 saturated heterocycles. The molecule has 5 aromatic rings. The Morgan fingerprint density at radius 3 is 1.93 bits per heavy atom. The Bertz CT molecular complexity index is 2150. The lowest BCUT2D eigenvalue weighted by atomic mass is 10.1. The number of hydrogen-bond donors (Lipinski definition) is 4. The van der Waals surface area contributed by atoms with Crippen LogP contribution in [-0.4, -0.2) is 38.2 Å². The van der Waals surface area contributed by atoms with Gasteiger partial charge < -0.3 is 15.6 Å². The summed E-state index contributed by atoms with van der Waals surface area (Å²) >= 11 is 0. The number of phenolic OH excluding ortho intramolecular Hbond substituents is 1. The van der Waals surface area contributed by atoms with Crippen molar-refractivity contribution in [1.29, 1.82) is 0 Å². The first kappa shape index (κ1) is 28.6. The van der Waals surface area contributed by atoms with Crippen molar-refractivity contribution in [2.24, 2.45) is 20.5 Å². The number of azo groups is 2. The van der Waals surface area contributed by atoms with Gasteiger partial charge in [-0.2, -0.15) is 21.9 Å². The number of phenols is 1. The molecule has 0 bridgehead atoms. The summed E-state index contributed by atoms with van der Waals surface area (Å²) in [4.78, 5) is -0.886. The van der Waals surface area contributed by atoms with Crippen LogP contribution in [0, 0.1) is 0 Å². The van der Waals surface area contributed by atoms with Gasteiger partial charge in [-0.1, -0.05) is 12.1 Å². The molecule has 0 aromatic heterocycles. The number of rotatable bonds is 7. The van der Waals surface area contributed by atoms with E-state index in [1.165, 1.54) is 42.5 Å². The van der Waals surface area contributed by atoms with Crippen LogP contribution in [0.5, 0.6) is 11.5 Å². The molecule has 15 heteroatoms. The third-order valence-corrected chi connectivity index (χ3v) is 7.99. The molecule has 0 amide bonds. The molecule has 0 atom stereocenters. The topological polar surface area (TPSA) is 214 Å². The van der Waals surface area contributed by atoms with Crippen molar-refractivity contribution < 1.29 is 35.8 Å². The van der Waals surface area contributed by atoms with Gasteiger partial charge in [-0.25, -0.2) is 0 Å². The molecule has 0 aliphatic heterocycles. The fourth-order valence-electron chi connectivity index (χ4n) is 4.14. The Labute approximate surface area is 239 Å². The van der Waals surface area contributed by atoms with Gasteiger partial charge in [0.2, 0.25) is 0 Å². The summed E-state index contributed by atoms with van der Waals surface area (Å²) in [6, 6.07) is 18.9. The molecule has 5 N–H and O–H groups in total. The average molecular weight is 608 g/mol. The summed E-state index contributed by atoms with van der Waals surface area (Å²) < 4.78 is 71.0. The lowest BCUT2D eigenvalue weighted by Gasteiger charge is -2.09. The number of fused-ring (bicyclic) bond motifs is 2. The van der Waals surface area contributed by atoms with E-state index in [1.807, 2.05) is 0 Å². The molecule has 0 fully saturated rings. The van der Waals surface area contributed by atoms with Crippen LogP contribution < -0.4 is 10.5 Å². The van der Waals surface area contributed by atoms with E-state index in [4.69, 9.17) is 10.5 Å². The molecule has 214 valence electrons. The molecule has 0 unspecified atom stereocenters. The fraction of sp³-hybridized carbons (Fsp3) is 0.0370. The third-order valence-electron chi connectivity index (χ3n) is 6.23. The van der Waals surface area contributed by atoms with Gasteiger partial charge in [-0.05, 0) is 72.1 Å². The minimum Gasteiger partial charge on any atom is -0.505 e. The number of aromatic hydroxyl groups is 1. The number of nitrogens with zero attached hydrogens (tertiary/aromatic N) is 4. The van der Waals surface area contributed by atoms with Crippen LogP contribution in [0.1, 0.15) is 0 Å². The van der Waals surface area contributed by atoms with E-state index in [-0.39, 0.29) is 43.9 Å². The van der Waals surface area contributed by atoms with Crippen molar-refractivity contribution in [2.75, 3.05) is 12.8 Å². The van der Waals surface area contributed by atoms with Gasteiger partial charge in [0.05, 0.1) is 34.8 Å². The number of nitrogen functional groups attached to an aromatic ring is 1. The largest absolute Gasteiger partial charge is 0.505 e. The van der Waals surface area contributed by atoms with E-state index < -0.39 is 25.1 Å². The Kier molecular flexibility index (Phi) is 7.34. The van der Waals surface area contributed by atoms with E-state index in [2.05, 4.69) is 20.5 Å². The second kappa shape index (κ2) is 10.8. The highest BCUT2D eigenvalue weighted by atomic mass is 32.2. The van der Waals surface area contributed by atoms with Gasteiger partial charge in [0, 0.05) is 16.2 Å². The molecule has 13 nitrogen and oxygen atoms in total. The number of anilines is 1. The number of nitrogens with two attached hydrogens (primary N) is 1. The number of hydrogen-bond acceptors (Lipinski definition) is 11. The van der Waals surface area contributed by atoms with Crippen LogP contribution in [0.25, 0.3) is 21.5 Å². The fourth-order valence-corrected chi connectivity index (χ4v) is 5.28. The molecule has 0 radical (unpaired) electrons. The zero-order valence-corrected chi connectivity index (χ0v) is 23.2. The molecule has 0 aliphatic rings. The lowest BCUT2D eigenvalue weighted by Crippen LogP contribution is -2.03. The van der Waals surface area contributed by atoms with Gasteiger partial charge >= 0.3 is 0 Å². The summed E-state index contributed by atoms with van der Waals surface area (Å²) in [7, 11) is -7.59. The van der Waals surface area contributed by atoms with E-state index in [9.17, 15) is 31.0 Å². The van der Waals surface area contributed by atoms with Gasteiger partial charge in [-0.15, -0.1) is 15.3 Å². The quantitative estimate of drug-likeness (QED) is 0.0887. The lowest BCUT2D eigenvalue weighted by molar-refractivity contribution is 0.415. The maximum atomic E-state index is 11.9. The van der Waals surface area contributed by atoms with Crippen molar-refractivity contribution in [2.45, 2.75) is 9.79 Å². The predicted molar refractivity (Wildman–Crippen MR) is 155 cm³/mol. The molecule has 0 heterocycles. The number of benzene rings is 5. The van der Waals surface area contributed by atoms with Crippen LogP contribution >= 0.6 is 0 Å². The SMILES string of the molecule is COc1ccc(N=Nc2ccc(N=Nc3ccc4cc(S(=O)(=O)O)c(N)cc4c3O)c3cc(S(=O)(=O)O)ccc23)cc1. The summed E-state index contributed by atoms with van der Waals surface area (Å²) in [5.74, 6) is 0.285. The number of methoxy groups -OCH3 is 1. The second-order valence-electron chi connectivity index (χ2n) is 8.90. The standard InChI is InChI=1S/C27H21N5O8S2/c1-40-17-5-3-16(4-6-17)29-30-23-10-11-24(21-13-18(41(34,35)36)7-8-19(21)23)31-32-25-9-2-15-12-26(42(37,38)39)22(28)14-20(15)27(25)33/h2-14,33H,28H2,1H3,(H,34,35,36)(H,37,38,39). The van der Waals surface area contributed by atoms with Crippen LogP contribution in [-0.2, 0) is 20.2 Å². The highest BCUT2D eigenvalue weighted by Crippen LogP contribution is 2.40. The van der Waals surface area contributed by atoms with E-state index in [0.29, 0.717) is 22.5 Å². The van der Waals surface area contributed by atoms with Crippen molar-refractivity contribution in [3.63, 3.8) is 0 Å². The Hall–Kier alpha value is -4.96. The van der Waals surface area contributed by atoms with Crippen molar-refractivity contribution in [3.05, 3.63) is 78.9 Å². The molecule has 5 rings (SSSR count). The molecular formula is C27H21N5O8S2. The normalized spacial score (nSPS) is 12.5. The van der Waals surface area contributed by atoms with Crippen LogP contribution in [0.3, 0.4) is 0 Å². The molecule has 42 heavy (non-hydrogen) atoms. The molecular weight excluding hydrogens is 586 g/mol. The highest BCUT2D eigenvalue weighted by molar-refractivity contribution is 7.86. The Morgan fingerprint density at radius 1 is 0.667 bits per heavy atom. The maximum Gasteiger partial charge on any atom is 0.296 e. The molecule has 5 aromatic carbocycles. The van der Waals surface area contributed by atoms with Crippen LogP contribution in [0.2, 0.25) is 0 Å². The minimum absolute atomic E-state index is 0.0103. The highest BCUT2D eigenvalue weighted by Gasteiger charge is 2.18. The minimum atomic E-state index is -4.58. The van der Waals surface area contributed by atoms with Gasteiger partial charge in [0.25, 0.3) is 20.2 Å². The molecule has 0 spiro atoms. The third kappa shape index (κ3) is 5.75. The summed E-state index contributed by atoms with van der Waals surface area (Å²) in [6.07, 6.45) is 0. The molecule has 0 aliphatic carbocycles. The zero-order valence-electron chi connectivity index (χ0n) is 21.6. The number of ether oxygens (including phenoxy) is 1. The summed E-state index contributed by atoms with van der Waals surface area (Å²) in [5.41, 5.74) is 6.57. The monoisotopic (exact) mass is 607 g/mol. The molecule has 0 saturated carbocycles.